The fourth-order valence-electron chi connectivity index (χ4n) is 0.770. The molecule has 0 bridgehead atoms. The van der Waals surface area contributed by atoms with E-state index in [1.54, 1.807) is 5.38 Å². The molecule has 0 spiro atoms. The van der Waals surface area contributed by atoms with Gasteiger partial charge in [0.05, 0.1) is 11.3 Å². The van der Waals surface area contributed by atoms with Crippen LogP contribution in [-0.4, -0.2) is 69.1 Å². The number of carbonyl (C=O) groups excluding carboxylic acids is 2. The van der Waals surface area contributed by atoms with Gasteiger partial charge in [0, 0.05) is 0 Å². The second-order valence-corrected chi connectivity index (χ2v) is 3.45. The molecule has 0 saturated carbocycles. The van der Waals surface area contributed by atoms with Crippen LogP contribution in [0.4, 0.5) is 13.2 Å². The number of ketones is 2. The van der Waals surface area contributed by atoms with Crippen molar-refractivity contribution >= 4 is 74.3 Å². The van der Waals surface area contributed by atoms with Crippen molar-refractivity contribution in [1.29, 1.82) is 0 Å². The van der Waals surface area contributed by atoms with E-state index in [0.717, 1.165) is 11.3 Å². The van der Waals surface area contributed by atoms with Crippen LogP contribution in [0.2, 0.25) is 0 Å². The number of thiophene rings is 1. The van der Waals surface area contributed by atoms with Crippen molar-refractivity contribution in [3.8, 4) is 0 Å². The molecule has 1 aromatic heterocycles. The van der Waals surface area contributed by atoms with Crippen LogP contribution >= 0.6 is 11.3 Å². The molecule has 0 aromatic carbocycles. The van der Waals surface area contributed by atoms with E-state index in [-0.39, 0.29) is 56.3 Å². The topological polar surface area (TPSA) is 34.1 Å². The predicted molar refractivity (Wildman–Crippen MR) is 51.5 cm³/mol. The van der Waals surface area contributed by atoms with Crippen molar-refractivity contribution in [2.24, 2.45) is 0 Å². The fourth-order valence-corrected chi connectivity index (χ4v) is 1.43. The molecule has 15 heavy (non-hydrogen) atoms. The molecule has 0 aliphatic carbocycles. The molecule has 0 N–H and O–H groups in total. The Bertz CT molecular complexity index is 345. The van der Waals surface area contributed by atoms with Gasteiger partial charge in [0.1, 0.15) is 0 Å². The zero-order chi connectivity index (χ0) is 10.8. The molecule has 0 amide bonds. The Morgan fingerprint density at radius 3 is 2.33 bits per heavy atom. The van der Waals surface area contributed by atoms with E-state index in [9.17, 15) is 22.8 Å². The second-order valence-electron chi connectivity index (χ2n) is 2.50. The standard InChI is InChI=1S/C8H5F3O2S.K.H/c9-8(10,11)7(13)4-5(12)6-2-1-3-14-6;;/h1-3H,4H2;;. The van der Waals surface area contributed by atoms with E-state index in [1.807, 2.05) is 0 Å². The minimum atomic E-state index is -4.92. The molecular weight excluding hydrogens is 256 g/mol. The van der Waals surface area contributed by atoms with Crippen molar-refractivity contribution < 1.29 is 22.8 Å². The van der Waals surface area contributed by atoms with Crippen LogP contribution < -0.4 is 0 Å². The SMILES string of the molecule is O=C(CC(=O)C(F)(F)F)c1cccs1.[KH]. The molecule has 0 unspecified atom stereocenters. The van der Waals surface area contributed by atoms with Crippen LogP contribution in [-0.2, 0) is 4.79 Å². The molecule has 78 valence electrons. The first-order valence-corrected chi connectivity index (χ1v) is 4.46. The van der Waals surface area contributed by atoms with Gasteiger partial charge in [0.15, 0.2) is 5.78 Å². The summed E-state index contributed by atoms with van der Waals surface area (Å²) >= 11 is 1.01. The Morgan fingerprint density at radius 2 is 1.93 bits per heavy atom. The second kappa shape index (κ2) is 6.26. The van der Waals surface area contributed by atoms with Crippen LogP contribution in [0.5, 0.6) is 0 Å². The van der Waals surface area contributed by atoms with Gasteiger partial charge in [0.2, 0.25) is 5.78 Å². The van der Waals surface area contributed by atoms with Gasteiger partial charge in [0.25, 0.3) is 0 Å². The summed E-state index contributed by atoms with van der Waals surface area (Å²) in [6.07, 6.45) is -6.03. The summed E-state index contributed by atoms with van der Waals surface area (Å²) in [5.41, 5.74) is 0. The number of rotatable bonds is 3. The van der Waals surface area contributed by atoms with Gasteiger partial charge in [-0.2, -0.15) is 13.2 Å². The first-order chi connectivity index (χ1) is 6.41. The summed E-state index contributed by atoms with van der Waals surface area (Å²) in [6.45, 7) is 0. The van der Waals surface area contributed by atoms with Gasteiger partial charge in [-0.25, -0.2) is 0 Å². The minimum absolute atomic E-state index is 0. The number of Topliss-reactive ketones (excluding diaryl/α,β-unsaturated/α-hetero) is 2. The summed E-state index contributed by atoms with van der Waals surface area (Å²) in [5, 5.41) is 1.56. The summed E-state index contributed by atoms with van der Waals surface area (Å²) < 4.78 is 35.3. The molecule has 0 aliphatic rings. The molecule has 2 nitrogen and oxygen atoms in total. The van der Waals surface area contributed by atoms with Crippen LogP contribution in [0.3, 0.4) is 0 Å². The van der Waals surface area contributed by atoms with Gasteiger partial charge >= 0.3 is 57.6 Å². The third-order valence-corrected chi connectivity index (χ3v) is 2.34. The molecule has 0 fully saturated rings. The van der Waals surface area contributed by atoms with Crippen molar-refractivity contribution in [2.75, 3.05) is 0 Å². The normalized spacial score (nSPS) is 10.6. The summed E-state index contributed by atoms with van der Waals surface area (Å²) in [5.74, 6) is -2.79. The van der Waals surface area contributed by atoms with Gasteiger partial charge in [-0.1, -0.05) is 6.07 Å². The zero-order valence-corrected chi connectivity index (χ0v) is 7.61. The van der Waals surface area contributed by atoms with Crippen LogP contribution in [0, 0.1) is 0 Å². The zero-order valence-electron chi connectivity index (χ0n) is 6.80. The Kier molecular flexibility index (Phi) is 6.46. The molecule has 1 aromatic rings. The Hall–Kier alpha value is 0.466. The average Bonchev–Trinajstić information content (AvgIpc) is 2.53. The Balaban J connectivity index is 0.00000196. The van der Waals surface area contributed by atoms with Crippen LogP contribution in [0.15, 0.2) is 17.5 Å². The summed E-state index contributed by atoms with van der Waals surface area (Å²) in [7, 11) is 0. The van der Waals surface area contributed by atoms with E-state index in [0.29, 0.717) is 0 Å². The first kappa shape index (κ1) is 15.5. The molecule has 1 heterocycles. The van der Waals surface area contributed by atoms with E-state index in [4.69, 9.17) is 0 Å². The van der Waals surface area contributed by atoms with Crippen molar-refractivity contribution in [3.05, 3.63) is 22.4 Å². The van der Waals surface area contributed by atoms with E-state index in [2.05, 4.69) is 0 Å². The average molecular weight is 262 g/mol. The molecular formula is C8H6F3KO2S. The van der Waals surface area contributed by atoms with E-state index in [1.165, 1.54) is 12.1 Å². The van der Waals surface area contributed by atoms with Crippen molar-refractivity contribution in [1.82, 2.24) is 0 Å². The number of hydrogen-bond donors (Lipinski definition) is 0. The number of hydrogen-bond acceptors (Lipinski definition) is 3. The van der Waals surface area contributed by atoms with Crippen molar-refractivity contribution in [3.63, 3.8) is 0 Å². The maximum atomic E-state index is 11.8. The van der Waals surface area contributed by atoms with Gasteiger partial charge in [-0.15, -0.1) is 11.3 Å². The molecule has 0 aliphatic heterocycles. The van der Waals surface area contributed by atoms with Gasteiger partial charge in [-0.3, -0.25) is 9.59 Å². The predicted octanol–water partition coefficient (Wildman–Crippen LogP) is 1.80. The first-order valence-electron chi connectivity index (χ1n) is 3.58. The Labute approximate surface area is 130 Å². The van der Waals surface area contributed by atoms with Crippen LogP contribution in [0.1, 0.15) is 16.1 Å². The molecule has 7 heteroatoms. The monoisotopic (exact) mass is 262 g/mol. The molecule has 0 radical (unpaired) electrons. The van der Waals surface area contributed by atoms with Gasteiger partial charge in [-0.05, 0) is 11.4 Å². The maximum absolute atomic E-state index is 11.8. The number of halogens is 3. The Morgan fingerprint density at radius 1 is 1.33 bits per heavy atom. The van der Waals surface area contributed by atoms with E-state index >= 15 is 0 Å². The van der Waals surface area contributed by atoms with Gasteiger partial charge < -0.3 is 0 Å². The third kappa shape index (κ3) is 4.88. The number of alkyl halides is 3. The number of carbonyl (C=O) groups is 2. The fraction of sp³-hybridized carbons (Fsp3) is 0.250. The molecule has 0 saturated heterocycles. The quantitative estimate of drug-likeness (QED) is 0.473. The molecule has 0 atom stereocenters. The molecule has 1 rings (SSSR count). The summed E-state index contributed by atoms with van der Waals surface area (Å²) in [4.78, 5) is 21.7. The van der Waals surface area contributed by atoms with Crippen molar-refractivity contribution in [2.45, 2.75) is 12.6 Å². The van der Waals surface area contributed by atoms with Crippen LogP contribution in [0.25, 0.3) is 0 Å². The van der Waals surface area contributed by atoms with E-state index < -0.39 is 24.2 Å². The summed E-state index contributed by atoms with van der Waals surface area (Å²) in [6, 6.07) is 2.92. The third-order valence-electron chi connectivity index (χ3n) is 1.43.